The first-order valence-corrected chi connectivity index (χ1v) is 7.12. The van der Waals surface area contributed by atoms with Crippen molar-refractivity contribution in [2.24, 2.45) is 0 Å². The zero-order chi connectivity index (χ0) is 13.2. The second-order valence-electron chi connectivity index (χ2n) is 4.21. The Hall–Kier alpha value is -1.08. The maximum absolute atomic E-state index is 10.9. The first-order valence-electron chi connectivity index (χ1n) is 5.52. The van der Waals surface area contributed by atoms with Gasteiger partial charge in [0.05, 0.1) is 4.92 Å². The third-order valence-electron chi connectivity index (χ3n) is 3.24. The minimum atomic E-state index is -0.558. The van der Waals surface area contributed by atoms with Crippen molar-refractivity contribution >= 4 is 34.9 Å². The van der Waals surface area contributed by atoms with Gasteiger partial charge in [0.15, 0.2) is 0 Å². The number of hydrogen-bond donors (Lipinski definition) is 1. The van der Waals surface area contributed by atoms with Crippen molar-refractivity contribution in [3.05, 3.63) is 21.6 Å². The van der Waals surface area contributed by atoms with Crippen LogP contribution in [0.1, 0.15) is 19.3 Å². The number of anilines is 1. The van der Waals surface area contributed by atoms with Gasteiger partial charge < -0.3 is 5.32 Å². The van der Waals surface area contributed by atoms with Crippen LogP contribution in [0.15, 0.2) is 6.33 Å². The summed E-state index contributed by atoms with van der Waals surface area (Å²) >= 11 is 7.51. The summed E-state index contributed by atoms with van der Waals surface area (Å²) in [5, 5.41) is 13.8. The Morgan fingerprint density at radius 2 is 2.33 bits per heavy atom. The van der Waals surface area contributed by atoms with Crippen LogP contribution in [-0.4, -0.2) is 32.4 Å². The molecule has 1 saturated carbocycles. The van der Waals surface area contributed by atoms with E-state index in [0.29, 0.717) is 6.54 Å². The maximum atomic E-state index is 10.9. The Kier molecular flexibility index (Phi) is 3.91. The van der Waals surface area contributed by atoms with E-state index in [0.717, 1.165) is 12.8 Å². The highest BCUT2D eigenvalue weighted by atomic mass is 35.5. The summed E-state index contributed by atoms with van der Waals surface area (Å²) in [5.74, 6) is 0.195. The minimum Gasteiger partial charge on any atom is -0.363 e. The normalized spacial score (nSPS) is 17.0. The van der Waals surface area contributed by atoms with Crippen LogP contribution in [-0.2, 0) is 0 Å². The number of thioether (sulfide) groups is 1. The minimum absolute atomic E-state index is 0.135. The lowest BCUT2D eigenvalue weighted by atomic mass is 9.84. The molecule has 0 spiro atoms. The Morgan fingerprint density at radius 3 is 2.83 bits per heavy atom. The van der Waals surface area contributed by atoms with Crippen LogP contribution in [0.25, 0.3) is 0 Å². The predicted octanol–water partition coefficient (Wildman–Crippen LogP) is 2.74. The van der Waals surface area contributed by atoms with E-state index in [1.807, 2.05) is 0 Å². The largest absolute Gasteiger partial charge is 0.363 e. The second kappa shape index (κ2) is 5.27. The molecular formula is C10H13ClN4O2S. The topological polar surface area (TPSA) is 81.0 Å². The van der Waals surface area contributed by atoms with Crippen molar-refractivity contribution in [1.82, 2.24) is 9.97 Å². The molecule has 0 amide bonds. The lowest BCUT2D eigenvalue weighted by molar-refractivity contribution is -0.384. The molecule has 0 bridgehead atoms. The smallest absolute Gasteiger partial charge is 0.348 e. The lowest BCUT2D eigenvalue weighted by Gasteiger charge is -2.40. The van der Waals surface area contributed by atoms with E-state index in [2.05, 4.69) is 21.5 Å². The SMILES string of the molecule is CSC1(CNc2ncnc(Cl)c2[N+](=O)[O-])CCC1. The van der Waals surface area contributed by atoms with E-state index in [-0.39, 0.29) is 21.4 Å². The van der Waals surface area contributed by atoms with Crippen LogP contribution in [0.4, 0.5) is 11.5 Å². The summed E-state index contributed by atoms with van der Waals surface area (Å²) < 4.78 is 0.172. The Balaban J connectivity index is 2.14. The predicted molar refractivity (Wildman–Crippen MR) is 72.3 cm³/mol. The molecule has 1 aliphatic carbocycles. The van der Waals surface area contributed by atoms with Gasteiger partial charge in [0.2, 0.25) is 11.0 Å². The van der Waals surface area contributed by atoms with Crippen LogP contribution in [0, 0.1) is 10.1 Å². The quantitative estimate of drug-likeness (QED) is 0.510. The molecule has 6 nitrogen and oxygen atoms in total. The van der Waals surface area contributed by atoms with Gasteiger partial charge in [0, 0.05) is 11.3 Å². The van der Waals surface area contributed by atoms with Gasteiger partial charge in [-0.05, 0) is 19.1 Å². The zero-order valence-electron chi connectivity index (χ0n) is 9.85. The van der Waals surface area contributed by atoms with Gasteiger partial charge in [-0.1, -0.05) is 18.0 Å². The monoisotopic (exact) mass is 288 g/mol. The van der Waals surface area contributed by atoms with Crippen LogP contribution in [0.2, 0.25) is 5.15 Å². The molecule has 1 aromatic rings. The van der Waals surface area contributed by atoms with E-state index < -0.39 is 4.92 Å². The molecule has 8 heteroatoms. The summed E-state index contributed by atoms with van der Waals surface area (Å²) in [5.41, 5.74) is -0.255. The highest BCUT2D eigenvalue weighted by Crippen LogP contribution is 2.43. The number of aromatic nitrogens is 2. The molecule has 0 aliphatic heterocycles. The van der Waals surface area contributed by atoms with E-state index >= 15 is 0 Å². The molecule has 18 heavy (non-hydrogen) atoms. The Morgan fingerprint density at radius 1 is 1.61 bits per heavy atom. The standard InChI is InChI=1S/C10H13ClN4O2S/c1-18-10(3-2-4-10)5-12-9-7(15(16)17)8(11)13-6-14-9/h6H,2-5H2,1H3,(H,12,13,14). The number of nitrogens with one attached hydrogen (secondary N) is 1. The summed E-state index contributed by atoms with van der Waals surface area (Å²) in [6, 6.07) is 0. The summed E-state index contributed by atoms with van der Waals surface area (Å²) in [6.07, 6.45) is 6.73. The van der Waals surface area contributed by atoms with Gasteiger partial charge >= 0.3 is 5.69 Å². The molecule has 2 rings (SSSR count). The molecule has 1 N–H and O–H groups in total. The molecule has 0 atom stereocenters. The van der Waals surface area contributed by atoms with Crippen LogP contribution < -0.4 is 5.32 Å². The molecule has 98 valence electrons. The number of rotatable bonds is 5. The van der Waals surface area contributed by atoms with Crippen molar-refractivity contribution in [3.8, 4) is 0 Å². The van der Waals surface area contributed by atoms with E-state index in [4.69, 9.17) is 11.6 Å². The van der Waals surface area contributed by atoms with Crippen molar-refractivity contribution in [3.63, 3.8) is 0 Å². The first kappa shape index (κ1) is 13.4. The fourth-order valence-corrected chi connectivity index (χ4v) is 3.03. The fourth-order valence-electron chi connectivity index (χ4n) is 1.92. The van der Waals surface area contributed by atoms with Gasteiger partial charge in [0.25, 0.3) is 0 Å². The number of nitro groups is 1. The Labute approximate surface area is 114 Å². The molecule has 1 aliphatic rings. The zero-order valence-corrected chi connectivity index (χ0v) is 11.4. The molecule has 0 unspecified atom stereocenters. The highest BCUT2D eigenvalue weighted by molar-refractivity contribution is 8.00. The Bertz CT molecular complexity index is 462. The molecule has 0 aromatic carbocycles. The van der Waals surface area contributed by atoms with Crippen molar-refractivity contribution in [1.29, 1.82) is 0 Å². The lowest BCUT2D eigenvalue weighted by Crippen LogP contribution is -2.40. The summed E-state index contributed by atoms with van der Waals surface area (Å²) in [7, 11) is 0. The van der Waals surface area contributed by atoms with Crippen LogP contribution in [0.3, 0.4) is 0 Å². The average Bonchev–Trinajstić information content (AvgIpc) is 2.27. The van der Waals surface area contributed by atoms with Gasteiger partial charge in [-0.3, -0.25) is 10.1 Å². The first-order chi connectivity index (χ1) is 8.58. The second-order valence-corrected chi connectivity index (χ2v) is 5.85. The summed E-state index contributed by atoms with van der Waals surface area (Å²) in [6.45, 7) is 0.655. The maximum Gasteiger partial charge on any atom is 0.348 e. The van der Waals surface area contributed by atoms with Gasteiger partial charge in [0.1, 0.15) is 6.33 Å². The molecule has 1 fully saturated rings. The van der Waals surface area contributed by atoms with E-state index in [9.17, 15) is 10.1 Å². The van der Waals surface area contributed by atoms with Crippen molar-refractivity contribution in [2.45, 2.75) is 24.0 Å². The van der Waals surface area contributed by atoms with Crippen molar-refractivity contribution in [2.75, 3.05) is 18.1 Å². The number of hydrogen-bond acceptors (Lipinski definition) is 6. The van der Waals surface area contributed by atoms with Gasteiger partial charge in [-0.15, -0.1) is 0 Å². The highest BCUT2D eigenvalue weighted by Gasteiger charge is 2.36. The molecule has 1 heterocycles. The fraction of sp³-hybridized carbons (Fsp3) is 0.600. The van der Waals surface area contributed by atoms with Crippen LogP contribution >= 0.6 is 23.4 Å². The third kappa shape index (κ3) is 2.51. The number of halogens is 1. The van der Waals surface area contributed by atoms with E-state index in [1.54, 1.807) is 11.8 Å². The summed E-state index contributed by atoms with van der Waals surface area (Å²) in [4.78, 5) is 17.9. The average molecular weight is 289 g/mol. The molecular weight excluding hydrogens is 276 g/mol. The third-order valence-corrected chi connectivity index (χ3v) is 4.93. The van der Waals surface area contributed by atoms with Gasteiger partial charge in [-0.2, -0.15) is 11.8 Å². The van der Waals surface area contributed by atoms with Gasteiger partial charge in [-0.25, -0.2) is 9.97 Å². The van der Waals surface area contributed by atoms with Crippen LogP contribution in [0.5, 0.6) is 0 Å². The number of nitrogens with zero attached hydrogens (tertiary/aromatic N) is 3. The molecule has 0 saturated heterocycles. The van der Waals surface area contributed by atoms with E-state index in [1.165, 1.54) is 12.7 Å². The molecule has 1 aromatic heterocycles. The molecule has 0 radical (unpaired) electrons. The van der Waals surface area contributed by atoms with Crippen molar-refractivity contribution < 1.29 is 4.92 Å².